The average Bonchev–Trinajstić information content (AvgIpc) is 2.52. The van der Waals surface area contributed by atoms with Gasteiger partial charge < -0.3 is 4.74 Å². The molecule has 0 spiro atoms. The van der Waals surface area contributed by atoms with Crippen LogP contribution in [0.15, 0.2) is 36.4 Å². The van der Waals surface area contributed by atoms with Crippen LogP contribution in [0.4, 0.5) is 0 Å². The van der Waals surface area contributed by atoms with Crippen LogP contribution in [-0.4, -0.2) is 13.2 Å². The Bertz CT molecular complexity index is 521. The minimum absolute atomic E-state index is 0.328. The van der Waals surface area contributed by atoms with Crippen molar-refractivity contribution in [3.8, 4) is 0 Å². The Labute approximate surface area is 104 Å². The number of rotatable bonds is 0. The highest BCUT2D eigenvalue weighted by Gasteiger charge is 2.17. The lowest BCUT2D eigenvalue weighted by atomic mass is 9.96. The first-order valence-electron chi connectivity index (χ1n) is 5.58. The molecule has 1 unspecified atom stereocenters. The Balaban J connectivity index is 2.28. The van der Waals surface area contributed by atoms with E-state index in [1.165, 1.54) is 21.9 Å². The number of halogens is 1. The average molecular weight is 277 g/mol. The van der Waals surface area contributed by atoms with Gasteiger partial charge in [-0.25, -0.2) is 0 Å². The number of hydrogen-bond donors (Lipinski definition) is 0. The maximum atomic E-state index is 5.59. The predicted molar refractivity (Wildman–Crippen MR) is 70.1 cm³/mol. The molecule has 2 aromatic carbocycles. The summed E-state index contributed by atoms with van der Waals surface area (Å²) in [6.45, 7) is 1.59. The zero-order valence-electron chi connectivity index (χ0n) is 8.95. The maximum absolute atomic E-state index is 5.59. The molecule has 2 aromatic rings. The Morgan fingerprint density at radius 1 is 1.12 bits per heavy atom. The molecule has 1 aliphatic heterocycles. The van der Waals surface area contributed by atoms with E-state index in [1.807, 2.05) is 0 Å². The molecular weight excluding hydrogens is 264 g/mol. The normalized spacial score (nSPS) is 20.4. The van der Waals surface area contributed by atoms with E-state index >= 15 is 0 Å². The highest BCUT2D eigenvalue weighted by atomic mass is 79.9. The summed E-state index contributed by atoms with van der Waals surface area (Å²) in [6.07, 6.45) is 1.01. The van der Waals surface area contributed by atoms with Crippen LogP contribution >= 0.6 is 15.9 Å². The largest absolute Gasteiger partial charge is 0.380 e. The van der Waals surface area contributed by atoms with E-state index in [1.54, 1.807) is 0 Å². The standard InChI is InChI=1S/C14H13BrO/c15-14-9-16-8-7-12-11-4-2-1-3-10(11)5-6-13(12)14/h1-6,14H,7-9H2. The molecule has 1 atom stereocenters. The molecule has 1 nitrogen and oxygen atoms in total. The lowest BCUT2D eigenvalue weighted by Crippen LogP contribution is -1.98. The molecule has 0 N–H and O–H groups in total. The molecule has 3 rings (SSSR count). The molecule has 2 heteroatoms. The quantitative estimate of drug-likeness (QED) is 0.665. The van der Waals surface area contributed by atoms with Crippen LogP contribution < -0.4 is 0 Å². The third-order valence-electron chi connectivity index (χ3n) is 3.17. The number of benzene rings is 2. The fourth-order valence-corrected chi connectivity index (χ4v) is 2.99. The van der Waals surface area contributed by atoms with Crippen molar-refractivity contribution < 1.29 is 4.74 Å². The molecule has 0 radical (unpaired) electrons. The molecule has 0 aliphatic carbocycles. The van der Waals surface area contributed by atoms with Crippen LogP contribution in [0.2, 0.25) is 0 Å². The summed E-state index contributed by atoms with van der Waals surface area (Å²) in [5.41, 5.74) is 2.83. The molecule has 1 aliphatic rings. The van der Waals surface area contributed by atoms with E-state index < -0.39 is 0 Å². The number of hydrogen-bond acceptors (Lipinski definition) is 1. The zero-order valence-corrected chi connectivity index (χ0v) is 10.5. The van der Waals surface area contributed by atoms with Crippen molar-refractivity contribution in [2.45, 2.75) is 11.2 Å². The van der Waals surface area contributed by atoms with E-state index in [0.717, 1.165) is 19.6 Å². The van der Waals surface area contributed by atoms with Crippen LogP contribution in [0.5, 0.6) is 0 Å². The minimum Gasteiger partial charge on any atom is -0.380 e. The Morgan fingerprint density at radius 3 is 2.94 bits per heavy atom. The van der Waals surface area contributed by atoms with Crippen LogP contribution in [0, 0.1) is 0 Å². The summed E-state index contributed by atoms with van der Waals surface area (Å²) in [5, 5.41) is 2.69. The second-order valence-electron chi connectivity index (χ2n) is 4.15. The van der Waals surface area contributed by atoms with Crippen molar-refractivity contribution in [2.75, 3.05) is 13.2 Å². The van der Waals surface area contributed by atoms with E-state index in [9.17, 15) is 0 Å². The molecule has 0 fully saturated rings. The van der Waals surface area contributed by atoms with Crippen LogP contribution in [-0.2, 0) is 11.2 Å². The second-order valence-corrected chi connectivity index (χ2v) is 5.25. The summed E-state index contributed by atoms with van der Waals surface area (Å²) in [6, 6.07) is 13.0. The lowest BCUT2D eigenvalue weighted by molar-refractivity contribution is 0.146. The smallest absolute Gasteiger partial charge is 0.0632 e. The Hall–Kier alpha value is -0.860. The zero-order chi connectivity index (χ0) is 11.0. The van der Waals surface area contributed by atoms with Crippen molar-refractivity contribution in [3.63, 3.8) is 0 Å². The summed E-state index contributed by atoms with van der Waals surface area (Å²) >= 11 is 3.70. The van der Waals surface area contributed by atoms with Gasteiger partial charge in [-0.1, -0.05) is 52.3 Å². The van der Waals surface area contributed by atoms with Crippen molar-refractivity contribution in [1.82, 2.24) is 0 Å². The molecule has 16 heavy (non-hydrogen) atoms. The molecule has 0 amide bonds. The van der Waals surface area contributed by atoms with Gasteiger partial charge in [0.1, 0.15) is 0 Å². The van der Waals surface area contributed by atoms with E-state index in [2.05, 4.69) is 52.3 Å². The topological polar surface area (TPSA) is 9.23 Å². The van der Waals surface area contributed by atoms with Crippen LogP contribution in [0.25, 0.3) is 10.8 Å². The SMILES string of the molecule is BrC1COCCc2c1ccc1ccccc21. The monoisotopic (exact) mass is 276 g/mol. The van der Waals surface area contributed by atoms with Crippen LogP contribution in [0.3, 0.4) is 0 Å². The van der Waals surface area contributed by atoms with Crippen molar-refractivity contribution >= 4 is 26.7 Å². The summed E-state index contributed by atoms with van der Waals surface area (Å²) in [7, 11) is 0. The Kier molecular flexibility index (Phi) is 2.70. The van der Waals surface area contributed by atoms with Gasteiger partial charge in [0.2, 0.25) is 0 Å². The third kappa shape index (κ3) is 1.66. The molecule has 0 aromatic heterocycles. The van der Waals surface area contributed by atoms with Gasteiger partial charge in [0.05, 0.1) is 18.0 Å². The van der Waals surface area contributed by atoms with Crippen molar-refractivity contribution in [1.29, 1.82) is 0 Å². The van der Waals surface area contributed by atoms with Gasteiger partial charge in [-0.2, -0.15) is 0 Å². The summed E-state index contributed by atoms with van der Waals surface area (Å²) in [5.74, 6) is 0. The number of ether oxygens (including phenoxy) is 1. The van der Waals surface area contributed by atoms with Gasteiger partial charge in [-0.05, 0) is 28.3 Å². The summed E-state index contributed by atoms with van der Waals surface area (Å²) in [4.78, 5) is 0.328. The maximum Gasteiger partial charge on any atom is 0.0632 e. The first-order valence-corrected chi connectivity index (χ1v) is 6.50. The first kappa shape index (κ1) is 10.3. The minimum atomic E-state index is 0.328. The number of alkyl halides is 1. The fraction of sp³-hybridized carbons (Fsp3) is 0.286. The fourth-order valence-electron chi connectivity index (χ4n) is 2.38. The van der Waals surface area contributed by atoms with Gasteiger partial charge in [-0.3, -0.25) is 0 Å². The van der Waals surface area contributed by atoms with Gasteiger partial charge in [0.15, 0.2) is 0 Å². The second kappa shape index (κ2) is 4.19. The molecular formula is C14H13BrO. The van der Waals surface area contributed by atoms with Crippen LogP contribution in [0.1, 0.15) is 16.0 Å². The van der Waals surface area contributed by atoms with Gasteiger partial charge in [-0.15, -0.1) is 0 Å². The van der Waals surface area contributed by atoms with Gasteiger partial charge in [0.25, 0.3) is 0 Å². The molecule has 0 saturated carbocycles. The van der Waals surface area contributed by atoms with Gasteiger partial charge >= 0.3 is 0 Å². The molecule has 1 heterocycles. The predicted octanol–water partition coefficient (Wildman–Crippen LogP) is 3.85. The van der Waals surface area contributed by atoms with E-state index in [4.69, 9.17) is 4.74 Å². The number of fused-ring (bicyclic) bond motifs is 3. The molecule has 82 valence electrons. The summed E-state index contributed by atoms with van der Waals surface area (Å²) < 4.78 is 5.59. The molecule has 0 bridgehead atoms. The van der Waals surface area contributed by atoms with Crippen molar-refractivity contribution in [2.24, 2.45) is 0 Å². The highest BCUT2D eigenvalue weighted by Crippen LogP contribution is 2.33. The van der Waals surface area contributed by atoms with Gasteiger partial charge in [0, 0.05) is 0 Å². The third-order valence-corrected chi connectivity index (χ3v) is 3.93. The van der Waals surface area contributed by atoms with E-state index in [0.29, 0.717) is 4.83 Å². The molecule has 0 saturated heterocycles. The first-order chi connectivity index (χ1) is 7.86. The van der Waals surface area contributed by atoms with Crippen molar-refractivity contribution in [3.05, 3.63) is 47.5 Å². The van der Waals surface area contributed by atoms with E-state index in [-0.39, 0.29) is 0 Å². The Morgan fingerprint density at radius 2 is 2.00 bits per heavy atom. The lowest BCUT2D eigenvalue weighted by Gasteiger charge is -2.12. The highest BCUT2D eigenvalue weighted by molar-refractivity contribution is 9.09.